The molecular weight excluding hydrogens is 630 g/mol. The lowest BCUT2D eigenvalue weighted by Crippen LogP contribution is -2.11. The van der Waals surface area contributed by atoms with Gasteiger partial charge in [-0.05, 0) is 117 Å². The number of rotatable bonds is 20. The summed E-state index contributed by atoms with van der Waals surface area (Å²) in [5.74, 6) is 1.52. The van der Waals surface area contributed by atoms with Crippen LogP contribution in [0.15, 0.2) is 103 Å². The SMILES string of the molecule is C=C(C)C(=O)OCCCCCCOc1ccc(C(=O)Oc2ccc(OCc3ccc(-c4ccc(OCCCC)cc4)cc3)cc2C(C)=N)cc1. The molecule has 0 radical (unpaired) electrons. The van der Waals surface area contributed by atoms with Crippen molar-refractivity contribution in [1.29, 1.82) is 5.41 Å². The van der Waals surface area contributed by atoms with Gasteiger partial charge in [0.1, 0.15) is 29.6 Å². The monoisotopic (exact) mass is 677 g/mol. The first-order valence-electron chi connectivity index (χ1n) is 17.2. The molecule has 0 bridgehead atoms. The molecule has 0 aromatic heterocycles. The van der Waals surface area contributed by atoms with Crippen molar-refractivity contribution in [2.75, 3.05) is 19.8 Å². The van der Waals surface area contributed by atoms with Gasteiger partial charge in [-0.15, -0.1) is 0 Å². The summed E-state index contributed by atoms with van der Waals surface area (Å²) in [7, 11) is 0. The molecule has 8 nitrogen and oxygen atoms in total. The first-order valence-corrected chi connectivity index (χ1v) is 17.2. The van der Waals surface area contributed by atoms with Gasteiger partial charge in [0.15, 0.2) is 0 Å². The van der Waals surface area contributed by atoms with Crippen LogP contribution < -0.4 is 18.9 Å². The van der Waals surface area contributed by atoms with E-state index < -0.39 is 5.97 Å². The van der Waals surface area contributed by atoms with E-state index in [1.165, 1.54) is 0 Å². The molecule has 1 N–H and O–H groups in total. The van der Waals surface area contributed by atoms with E-state index in [4.69, 9.17) is 29.1 Å². The van der Waals surface area contributed by atoms with Gasteiger partial charge < -0.3 is 29.1 Å². The van der Waals surface area contributed by atoms with Crippen LogP contribution in [0.2, 0.25) is 0 Å². The lowest BCUT2D eigenvalue weighted by atomic mass is 10.0. The van der Waals surface area contributed by atoms with E-state index in [0.29, 0.717) is 48.0 Å². The van der Waals surface area contributed by atoms with Crippen molar-refractivity contribution in [2.24, 2.45) is 0 Å². The second-order valence-corrected chi connectivity index (χ2v) is 12.1. The molecular formula is C42H47NO7. The summed E-state index contributed by atoms with van der Waals surface area (Å²) >= 11 is 0. The predicted octanol–water partition coefficient (Wildman–Crippen LogP) is 9.78. The van der Waals surface area contributed by atoms with Gasteiger partial charge in [-0.1, -0.05) is 56.3 Å². The van der Waals surface area contributed by atoms with Crippen LogP contribution in [0.1, 0.15) is 80.8 Å². The zero-order chi connectivity index (χ0) is 35.7. The molecule has 262 valence electrons. The molecule has 0 unspecified atom stereocenters. The number of unbranched alkanes of at least 4 members (excludes halogenated alkanes) is 4. The Morgan fingerprint density at radius 2 is 1.22 bits per heavy atom. The van der Waals surface area contributed by atoms with E-state index in [1.54, 1.807) is 56.3 Å². The molecule has 4 rings (SSSR count). The molecule has 50 heavy (non-hydrogen) atoms. The summed E-state index contributed by atoms with van der Waals surface area (Å²) in [6.07, 6.45) is 5.69. The van der Waals surface area contributed by atoms with E-state index in [0.717, 1.165) is 67.6 Å². The first-order chi connectivity index (χ1) is 24.2. The molecule has 0 fully saturated rings. The second kappa shape index (κ2) is 19.6. The van der Waals surface area contributed by atoms with Gasteiger partial charge >= 0.3 is 11.9 Å². The highest BCUT2D eigenvalue weighted by atomic mass is 16.5. The molecule has 8 heteroatoms. The zero-order valence-electron chi connectivity index (χ0n) is 29.3. The van der Waals surface area contributed by atoms with Crippen molar-refractivity contribution in [3.63, 3.8) is 0 Å². The third kappa shape index (κ3) is 11.9. The van der Waals surface area contributed by atoms with Crippen LogP contribution in [-0.4, -0.2) is 37.5 Å². The van der Waals surface area contributed by atoms with Crippen LogP contribution in [-0.2, 0) is 16.1 Å². The van der Waals surface area contributed by atoms with Gasteiger partial charge in [0.05, 0.1) is 25.4 Å². The van der Waals surface area contributed by atoms with Crippen LogP contribution in [0.3, 0.4) is 0 Å². The minimum atomic E-state index is -0.529. The molecule has 0 atom stereocenters. The number of hydrogen-bond acceptors (Lipinski definition) is 8. The maximum absolute atomic E-state index is 13.0. The Hall–Kier alpha value is -5.37. The van der Waals surface area contributed by atoms with E-state index in [1.807, 2.05) is 24.3 Å². The van der Waals surface area contributed by atoms with E-state index in [2.05, 4.69) is 37.8 Å². The van der Waals surface area contributed by atoms with Crippen LogP contribution in [0.25, 0.3) is 11.1 Å². The van der Waals surface area contributed by atoms with Crippen molar-refractivity contribution in [3.8, 4) is 34.1 Å². The molecule has 0 amide bonds. The number of nitrogens with one attached hydrogen (secondary N) is 1. The third-order valence-electron chi connectivity index (χ3n) is 7.85. The number of hydrogen-bond donors (Lipinski definition) is 1. The normalized spacial score (nSPS) is 10.6. The summed E-state index contributed by atoms with van der Waals surface area (Å²) < 4.78 is 28.4. The fourth-order valence-corrected chi connectivity index (χ4v) is 4.90. The van der Waals surface area contributed by atoms with Crippen LogP contribution in [0.5, 0.6) is 23.0 Å². The van der Waals surface area contributed by atoms with Crippen molar-refractivity contribution in [3.05, 3.63) is 120 Å². The fourth-order valence-electron chi connectivity index (χ4n) is 4.90. The van der Waals surface area contributed by atoms with E-state index in [9.17, 15) is 9.59 Å². The summed E-state index contributed by atoms with van der Waals surface area (Å²) in [4.78, 5) is 24.3. The Balaban J connectivity index is 1.23. The van der Waals surface area contributed by atoms with Crippen LogP contribution >= 0.6 is 0 Å². The molecule has 0 saturated carbocycles. The molecule has 4 aromatic carbocycles. The highest BCUT2D eigenvalue weighted by molar-refractivity contribution is 6.01. The number of benzene rings is 4. The zero-order valence-corrected chi connectivity index (χ0v) is 29.3. The molecule has 0 saturated heterocycles. The summed E-state index contributed by atoms with van der Waals surface area (Å²) in [5, 5.41) is 8.27. The number of carbonyl (C=O) groups is 2. The minimum Gasteiger partial charge on any atom is -0.494 e. The molecule has 0 heterocycles. The smallest absolute Gasteiger partial charge is 0.343 e. The lowest BCUT2D eigenvalue weighted by Gasteiger charge is -2.13. The largest absolute Gasteiger partial charge is 0.494 e. The number of esters is 2. The topological polar surface area (TPSA) is 104 Å². The summed E-state index contributed by atoms with van der Waals surface area (Å²) in [6.45, 7) is 11.0. The number of carbonyl (C=O) groups excluding carboxylic acids is 2. The summed E-state index contributed by atoms with van der Waals surface area (Å²) in [5.41, 5.74) is 4.72. The van der Waals surface area contributed by atoms with Gasteiger partial charge in [-0.25, -0.2) is 9.59 Å². The average molecular weight is 678 g/mol. The molecule has 0 aliphatic carbocycles. The number of ether oxygens (including phenoxy) is 5. The highest BCUT2D eigenvalue weighted by Crippen LogP contribution is 2.28. The lowest BCUT2D eigenvalue weighted by molar-refractivity contribution is -0.139. The molecule has 4 aromatic rings. The fraction of sp³-hybridized carbons (Fsp3) is 0.310. The molecule has 0 spiro atoms. The van der Waals surface area contributed by atoms with E-state index in [-0.39, 0.29) is 17.4 Å². The van der Waals surface area contributed by atoms with Crippen molar-refractivity contribution >= 4 is 17.7 Å². The Morgan fingerprint density at radius 3 is 1.82 bits per heavy atom. The Bertz CT molecular complexity index is 1710. The van der Waals surface area contributed by atoms with Gasteiger partial charge in [0, 0.05) is 16.8 Å². The van der Waals surface area contributed by atoms with E-state index >= 15 is 0 Å². The average Bonchev–Trinajstić information content (AvgIpc) is 3.13. The van der Waals surface area contributed by atoms with Crippen LogP contribution in [0, 0.1) is 5.41 Å². The maximum Gasteiger partial charge on any atom is 0.343 e. The Kier molecular flexibility index (Phi) is 14.7. The van der Waals surface area contributed by atoms with Gasteiger partial charge in [0.25, 0.3) is 0 Å². The Morgan fingerprint density at radius 1 is 0.660 bits per heavy atom. The minimum absolute atomic E-state index is 0.251. The standard InChI is InChI=1S/C42H47NO7/c1-5-6-25-46-36-19-15-34(16-20-36)33-13-11-32(12-14-33)29-49-38-23-24-40(39(28-38)31(4)43)50-42(45)35-17-21-37(22-18-35)47-26-9-7-8-10-27-48-41(44)30(2)3/h11-24,28,43H,2,5-10,25-27,29H2,1,3-4H3. The van der Waals surface area contributed by atoms with Crippen molar-refractivity contribution in [1.82, 2.24) is 0 Å². The molecule has 0 aliphatic heterocycles. The third-order valence-corrected chi connectivity index (χ3v) is 7.85. The van der Waals surface area contributed by atoms with Gasteiger partial charge in [-0.2, -0.15) is 0 Å². The Labute approximate surface area is 295 Å². The predicted molar refractivity (Wildman–Crippen MR) is 197 cm³/mol. The summed E-state index contributed by atoms with van der Waals surface area (Å²) in [6, 6.07) is 28.2. The van der Waals surface area contributed by atoms with Gasteiger partial charge in [-0.3, -0.25) is 0 Å². The second-order valence-electron chi connectivity index (χ2n) is 12.1. The maximum atomic E-state index is 13.0. The van der Waals surface area contributed by atoms with Crippen molar-refractivity contribution < 1.29 is 33.3 Å². The van der Waals surface area contributed by atoms with Crippen LogP contribution in [0.4, 0.5) is 0 Å². The molecule has 0 aliphatic rings. The van der Waals surface area contributed by atoms with Crippen molar-refractivity contribution in [2.45, 2.75) is 65.9 Å². The highest BCUT2D eigenvalue weighted by Gasteiger charge is 2.15. The first kappa shape index (κ1) is 37.4. The van der Waals surface area contributed by atoms with Gasteiger partial charge in [0.2, 0.25) is 0 Å². The quantitative estimate of drug-likeness (QED) is 0.0326.